The van der Waals surface area contributed by atoms with Crippen molar-refractivity contribution in [2.75, 3.05) is 6.54 Å². The van der Waals surface area contributed by atoms with Crippen molar-refractivity contribution in [2.45, 2.75) is 38.2 Å². The normalized spacial score (nSPS) is 14.3. The van der Waals surface area contributed by atoms with Gasteiger partial charge < -0.3 is 5.11 Å². The minimum Gasteiger partial charge on any atom is -0.392 e. The highest BCUT2D eigenvalue weighted by Gasteiger charge is 2.20. The average Bonchev–Trinajstić information content (AvgIpc) is 2.28. The Morgan fingerprint density at radius 3 is 2.50 bits per heavy atom. The Bertz CT molecular complexity index is 569. The zero-order valence-electron chi connectivity index (χ0n) is 11.7. The first kappa shape index (κ1) is 17.4. The molecule has 0 saturated carbocycles. The summed E-state index contributed by atoms with van der Waals surface area (Å²) in [7, 11) is -3.81. The van der Waals surface area contributed by atoms with Crippen molar-refractivity contribution in [1.29, 1.82) is 0 Å². The number of rotatable bonds is 5. The lowest BCUT2D eigenvalue weighted by atomic mass is 9.89. The monoisotopic (exact) mass is 323 g/mol. The van der Waals surface area contributed by atoms with E-state index in [2.05, 4.69) is 4.72 Å². The third-order valence-electron chi connectivity index (χ3n) is 2.56. The van der Waals surface area contributed by atoms with Gasteiger partial charge in [0.1, 0.15) is 5.82 Å². The number of hydrogen-bond acceptors (Lipinski definition) is 3. The fraction of sp³-hybridized carbons (Fsp3) is 0.538. The van der Waals surface area contributed by atoms with Crippen molar-refractivity contribution in [3.05, 3.63) is 29.0 Å². The molecule has 0 bridgehead atoms. The molecule has 2 N–H and O–H groups in total. The topological polar surface area (TPSA) is 66.4 Å². The standard InChI is InChI=1S/C13H19ClFNO3S/c1-13(2,3)7-9(17)8-16-20(18,19)10-4-5-12(15)11(14)6-10/h4-6,9,16-17H,7-8H2,1-3H3. The van der Waals surface area contributed by atoms with E-state index in [0.29, 0.717) is 6.42 Å². The van der Waals surface area contributed by atoms with E-state index in [0.717, 1.165) is 18.2 Å². The smallest absolute Gasteiger partial charge is 0.240 e. The van der Waals surface area contributed by atoms with E-state index < -0.39 is 21.9 Å². The molecule has 1 unspecified atom stereocenters. The predicted molar refractivity (Wildman–Crippen MR) is 76.7 cm³/mol. The molecule has 0 aromatic heterocycles. The van der Waals surface area contributed by atoms with E-state index in [1.54, 1.807) is 0 Å². The van der Waals surface area contributed by atoms with Gasteiger partial charge in [0.15, 0.2) is 0 Å². The van der Waals surface area contributed by atoms with Crippen LogP contribution in [0, 0.1) is 11.2 Å². The van der Waals surface area contributed by atoms with Crippen LogP contribution in [0.15, 0.2) is 23.1 Å². The maximum Gasteiger partial charge on any atom is 0.240 e. The largest absolute Gasteiger partial charge is 0.392 e. The summed E-state index contributed by atoms with van der Waals surface area (Å²) in [4.78, 5) is -0.133. The van der Waals surface area contributed by atoms with Crippen LogP contribution in [0.25, 0.3) is 0 Å². The first-order chi connectivity index (χ1) is 9.01. The second-order valence-corrected chi connectivity index (χ2v) is 8.02. The van der Waals surface area contributed by atoms with Crippen LogP contribution in [-0.4, -0.2) is 26.2 Å². The zero-order valence-corrected chi connectivity index (χ0v) is 13.2. The molecule has 1 aromatic carbocycles. The van der Waals surface area contributed by atoms with Gasteiger partial charge in [-0.15, -0.1) is 0 Å². The molecule has 114 valence electrons. The van der Waals surface area contributed by atoms with Crippen LogP contribution in [0.5, 0.6) is 0 Å². The number of nitrogens with one attached hydrogen (secondary N) is 1. The van der Waals surface area contributed by atoms with Crippen LogP contribution < -0.4 is 4.72 Å². The molecular weight excluding hydrogens is 305 g/mol. The van der Waals surface area contributed by atoms with Gasteiger partial charge >= 0.3 is 0 Å². The molecule has 20 heavy (non-hydrogen) atoms. The minimum absolute atomic E-state index is 0.103. The molecule has 0 heterocycles. The summed E-state index contributed by atoms with van der Waals surface area (Å²) in [5.41, 5.74) is -0.107. The van der Waals surface area contributed by atoms with Crippen molar-refractivity contribution in [1.82, 2.24) is 4.72 Å². The summed E-state index contributed by atoms with van der Waals surface area (Å²) in [5, 5.41) is 9.52. The van der Waals surface area contributed by atoms with Gasteiger partial charge in [0.05, 0.1) is 16.0 Å². The lowest BCUT2D eigenvalue weighted by molar-refractivity contribution is 0.125. The van der Waals surface area contributed by atoms with E-state index in [4.69, 9.17) is 11.6 Å². The molecule has 0 spiro atoms. The molecule has 0 amide bonds. The molecule has 1 rings (SSSR count). The molecule has 0 saturated heterocycles. The zero-order chi connectivity index (χ0) is 15.6. The van der Waals surface area contributed by atoms with Gasteiger partial charge in [0, 0.05) is 6.54 Å². The Morgan fingerprint density at radius 2 is 2.00 bits per heavy atom. The number of halogens is 2. The highest BCUT2D eigenvalue weighted by atomic mass is 35.5. The molecule has 1 atom stereocenters. The number of aliphatic hydroxyl groups is 1. The van der Waals surface area contributed by atoms with Crippen molar-refractivity contribution < 1.29 is 17.9 Å². The predicted octanol–water partition coefficient (Wildman–Crippen LogP) is 2.55. The maximum atomic E-state index is 13.0. The maximum absolute atomic E-state index is 13.0. The Kier molecular flexibility index (Phi) is 5.54. The van der Waals surface area contributed by atoms with Gasteiger partial charge in [-0.3, -0.25) is 0 Å². The third kappa shape index (κ3) is 5.36. The summed E-state index contributed by atoms with van der Waals surface area (Å²) in [5.74, 6) is -0.682. The number of hydrogen-bond donors (Lipinski definition) is 2. The number of aliphatic hydroxyl groups excluding tert-OH is 1. The summed E-state index contributed by atoms with van der Waals surface area (Å²) in [6, 6.07) is 3.15. The summed E-state index contributed by atoms with van der Waals surface area (Å²) in [6.45, 7) is 5.74. The van der Waals surface area contributed by atoms with Crippen LogP contribution in [0.2, 0.25) is 5.02 Å². The fourth-order valence-corrected chi connectivity index (χ4v) is 3.06. The van der Waals surface area contributed by atoms with Gasteiger partial charge in [-0.2, -0.15) is 0 Å². The van der Waals surface area contributed by atoms with E-state index in [9.17, 15) is 17.9 Å². The number of benzene rings is 1. The van der Waals surface area contributed by atoms with Crippen molar-refractivity contribution in [3.63, 3.8) is 0 Å². The van der Waals surface area contributed by atoms with Crippen LogP contribution in [-0.2, 0) is 10.0 Å². The molecule has 0 aliphatic carbocycles. The lowest BCUT2D eigenvalue weighted by Gasteiger charge is -2.22. The second kappa shape index (κ2) is 6.39. The molecule has 0 fully saturated rings. The quantitative estimate of drug-likeness (QED) is 0.875. The molecule has 4 nitrogen and oxygen atoms in total. The van der Waals surface area contributed by atoms with E-state index in [1.807, 2.05) is 20.8 Å². The van der Waals surface area contributed by atoms with E-state index in [-0.39, 0.29) is 21.9 Å². The van der Waals surface area contributed by atoms with Gasteiger partial charge in [0.2, 0.25) is 10.0 Å². The first-order valence-electron chi connectivity index (χ1n) is 6.14. The van der Waals surface area contributed by atoms with Gasteiger partial charge in [-0.05, 0) is 30.0 Å². The van der Waals surface area contributed by atoms with Crippen LogP contribution in [0.1, 0.15) is 27.2 Å². The molecule has 7 heteroatoms. The van der Waals surface area contributed by atoms with E-state index >= 15 is 0 Å². The minimum atomic E-state index is -3.81. The fourth-order valence-electron chi connectivity index (χ4n) is 1.71. The Labute approximate surface area is 124 Å². The van der Waals surface area contributed by atoms with Gasteiger partial charge in [0.25, 0.3) is 0 Å². The summed E-state index contributed by atoms with van der Waals surface area (Å²) >= 11 is 5.55. The first-order valence-corrected chi connectivity index (χ1v) is 8.00. The van der Waals surface area contributed by atoms with Gasteiger partial charge in [-0.25, -0.2) is 17.5 Å². The number of sulfonamides is 1. The molecule has 0 aliphatic rings. The highest BCUT2D eigenvalue weighted by molar-refractivity contribution is 7.89. The van der Waals surface area contributed by atoms with Crippen molar-refractivity contribution in [3.8, 4) is 0 Å². The van der Waals surface area contributed by atoms with Crippen LogP contribution in [0.4, 0.5) is 4.39 Å². The SMILES string of the molecule is CC(C)(C)CC(O)CNS(=O)(=O)c1ccc(F)c(Cl)c1. The Hall–Kier alpha value is -0.690. The Balaban J connectivity index is 2.73. The van der Waals surface area contributed by atoms with E-state index in [1.165, 1.54) is 0 Å². The highest BCUT2D eigenvalue weighted by Crippen LogP contribution is 2.21. The summed E-state index contributed by atoms with van der Waals surface area (Å²) < 4.78 is 39.2. The van der Waals surface area contributed by atoms with Crippen LogP contribution in [0.3, 0.4) is 0 Å². The molecule has 0 aliphatic heterocycles. The van der Waals surface area contributed by atoms with Crippen molar-refractivity contribution >= 4 is 21.6 Å². The average molecular weight is 324 g/mol. The van der Waals surface area contributed by atoms with Crippen LogP contribution >= 0.6 is 11.6 Å². The van der Waals surface area contributed by atoms with Crippen molar-refractivity contribution in [2.24, 2.45) is 5.41 Å². The summed E-state index contributed by atoms with van der Waals surface area (Å²) in [6.07, 6.45) is -0.333. The molecule has 1 aromatic rings. The lowest BCUT2D eigenvalue weighted by Crippen LogP contribution is -2.34. The van der Waals surface area contributed by atoms with Gasteiger partial charge in [-0.1, -0.05) is 32.4 Å². The Morgan fingerprint density at radius 1 is 1.40 bits per heavy atom. The molecule has 0 radical (unpaired) electrons. The third-order valence-corrected chi connectivity index (χ3v) is 4.27. The second-order valence-electron chi connectivity index (χ2n) is 5.85. The molecular formula is C13H19ClFNO3S.